The Balaban J connectivity index is 2.05. The first-order chi connectivity index (χ1) is 8.61. The van der Waals surface area contributed by atoms with Gasteiger partial charge in [-0.05, 0) is 56.0 Å². The van der Waals surface area contributed by atoms with Crippen molar-refractivity contribution in [3.05, 3.63) is 34.3 Å². The van der Waals surface area contributed by atoms with Gasteiger partial charge in [0.25, 0.3) is 5.91 Å². The summed E-state index contributed by atoms with van der Waals surface area (Å²) in [5.41, 5.74) is 7.30. The van der Waals surface area contributed by atoms with Crippen LogP contribution in [-0.4, -0.2) is 18.5 Å². The highest BCUT2D eigenvalue weighted by Crippen LogP contribution is 2.25. The Labute approximate surface area is 113 Å². The normalized spacial score (nSPS) is 23.1. The van der Waals surface area contributed by atoms with Crippen molar-refractivity contribution in [1.82, 2.24) is 5.32 Å². The Morgan fingerprint density at radius 1 is 1.50 bits per heavy atom. The number of nitrogens with two attached hydrogens (primary N) is 1. The van der Waals surface area contributed by atoms with Crippen LogP contribution in [-0.2, 0) is 0 Å². The second-order valence-corrected chi connectivity index (χ2v) is 5.38. The molecule has 1 aliphatic rings. The number of carbonyl (C=O) groups excluding carboxylic acids is 1. The van der Waals surface area contributed by atoms with Crippen molar-refractivity contribution < 1.29 is 4.79 Å². The Bertz CT molecular complexity index is 447. The molecule has 2 atom stereocenters. The molecule has 3 nitrogen and oxygen atoms in total. The third-order valence-electron chi connectivity index (χ3n) is 3.70. The molecule has 0 spiro atoms. The van der Waals surface area contributed by atoms with Crippen LogP contribution >= 0.6 is 11.6 Å². The van der Waals surface area contributed by atoms with E-state index in [9.17, 15) is 4.79 Å². The summed E-state index contributed by atoms with van der Waals surface area (Å²) >= 11 is 5.95. The zero-order valence-electron chi connectivity index (χ0n) is 10.6. The van der Waals surface area contributed by atoms with Gasteiger partial charge >= 0.3 is 0 Å². The molecule has 1 aliphatic carbocycles. The Morgan fingerprint density at radius 3 is 2.94 bits per heavy atom. The summed E-state index contributed by atoms with van der Waals surface area (Å²) in [5, 5.41) is 3.77. The molecular weight excluding hydrogens is 248 g/mol. The quantitative estimate of drug-likeness (QED) is 0.883. The minimum atomic E-state index is -0.0277. The Hall–Kier alpha value is -1.06. The third kappa shape index (κ3) is 2.85. The van der Waals surface area contributed by atoms with E-state index in [4.69, 9.17) is 17.3 Å². The van der Waals surface area contributed by atoms with E-state index in [1.807, 2.05) is 13.0 Å². The molecule has 0 radical (unpaired) electrons. The average Bonchev–Trinajstić information content (AvgIpc) is 2.79. The van der Waals surface area contributed by atoms with Gasteiger partial charge in [0.2, 0.25) is 0 Å². The lowest BCUT2D eigenvalue weighted by Gasteiger charge is -2.19. The number of hydrogen-bond donors (Lipinski definition) is 2. The Morgan fingerprint density at radius 2 is 2.28 bits per heavy atom. The van der Waals surface area contributed by atoms with Crippen molar-refractivity contribution in [2.45, 2.75) is 32.2 Å². The van der Waals surface area contributed by atoms with Gasteiger partial charge in [-0.25, -0.2) is 0 Å². The predicted octanol–water partition coefficient (Wildman–Crippen LogP) is 2.51. The molecule has 0 heterocycles. The van der Waals surface area contributed by atoms with Gasteiger partial charge in [0, 0.05) is 16.6 Å². The number of amides is 1. The second-order valence-electron chi connectivity index (χ2n) is 4.97. The maximum absolute atomic E-state index is 12.1. The standard InChI is InChI=1S/C14H19ClN2O/c1-9-7-10(5-6-12(9)15)14(18)17-13-4-2-3-11(13)8-16/h5-7,11,13H,2-4,8,16H2,1H3,(H,17,18). The van der Waals surface area contributed by atoms with E-state index in [1.54, 1.807) is 12.1 Å². The maximum Gasteiger partial charge on any atom is 0.251 e. The molecule has 3 N–H and O–H groups in total. The van der Waals surface area contributed by atoms with Gasteiger partial charge in [0.1, 0.15) is 0 Å². The fourth-order valence-corrected chi connectivity index (χ4v) is 2.66. The first-order valence-electron chi connectivity index (χ1n) is 6.39. The van der Waals surface area contributed by atoms with Crippen molar-refractivity contribution in [2.75, 3.05) is 6.54 Å². The number of benzene rings is 1. The van der Waals surface area contributed by atoms with Crippen LogP contribution in [0.1, 0.15) is 35.2 Å². The van der Waals surface area contributed by atoms with Crippen LogP contribution in [0.4, 0.5) is 0 Å². The highest BCUT2D eigenvalue weighted by molar-refractivity contribution is 6.31. The summed E-state index contributed by atoms with van der Waals surface area (Å²) in [6, 6.07) is 5.57. The molecule has 0 aliphatic heterocycles. The van der Waals surface area contributed by atoms with Gasteiger partial charge in [0.05, 0.1) is 0 Å². The van der Waals surface area contributed by atoms with E-state index in [0.29, 0.717) is 23.0 Å². The van der Waals surface area contributed by atoms with Gasteiger partial charge in [-0.1, -0.05) is 18.0 Å². The van der Waals surface area contributed by atoms with E-state index in [2.05, 4.69) is 5.32 Å². The van der Waals surface area contributed by atoms with Crippen LogP contribution in [0.3, 0.4) is 0 Å². The van der Waals surface area contributed by atoms with E-state index in [-0.39, 0.29) is 11.9 Å². The van der Waals surface area contributed by atoms with Crippen LogP contribution in [0.25, 0.3) is 0 Å². The van der Waals surface area contributed by atoms with Crippen LogP contribution in [0, 0.1) is 12.8 Å². The molecule has 0 bridgehead atoms. The molecular formula is C14H19ClN2O. The molecule has 1 amide bonds. The van der Waals surface area contributed by atoms with Gasteiger partial charge in [-0.2, -0.15) is 0 Å². The molecule has 1 saturated carbocycles. The highest BCUT2D eigenvalue weighted by atomic mass is 35.5. The van der Waals surface area contributed by atoms with Gasteiger partial charge in [0.15, 0.2) is 0 Å². The molecule has 2 unspecified atom stereocenters. The molecule has 1 aromatic carbocycles. The van der Waals surface area contributed by atoms with Crippen LogP contribution in [0.15, 0.2) is 18.2 Å². The molecule has 1 fully saturated rings. The monoisotopic (exact) mass is 266 g/mol. The number of hydrogen-bond acceptors (Lipinski definition) is 2. The zero-order chi connectivity index (χ0) is 13.1. The summed E-state index contributed by atoms with van der Waals surface area (Å²) < 4.78 is 0. The summed E-state index contributed by atoms with van der Waals surface area (Å²) in [6.07, 6.45) is 3.29. The van der Waals surface area contributed by atoms with Crippen molar-refractivity contribution in [3.63, 3.8) is 0 Å². The summed E-state index contributed by atoms with van der Waals surface area (Å²) in [6.45, 7) is 2.54. The molecule has 4 heteroatoms. The smallest absolute Gasteiger partial charge is 0.251 e. The van der Waals surface area contributed by atoms with E-state index < -0.39 is 0 Å². The minimum absolute atomic E-state index is 0.0277. The van der Waals surface area contributed by atoms with E-state index >= 15 is 0 Å². The number of carbonyl (C=O) groups is 1. The summed E-state index contributed by atoms with van der Waals surface area (Å²) in [5.74, 6) is 0.391. The first-order valence-corrected chi connectivity index (χ1v) is 6.76. The topological polar surface area (TPSA) is 55.1 Å². The lowest BCUT2D eigenvalue weighted by Crippen LogP contribution is -2.39. The van der Waals surface area contributed by atoms with Gasteiger partial charge in [-0.15, -0.1) is 0 Å². The maximum atomic E-state index is 12.1. The zero-order valence-corrected chi connectivity index (χ0v) is 11.3. The number of halogens is 1. The van der Waals surface area contributed by atoms with Crippen molar-refractivity contribution in [2.24, 2.45) is 11.7 Å². The molecule has 2 rings (SSSR count). The van der Waals surface area contributed by atoms with Crippen LogP contribution in [0.2, 0.25) is 5.02 Å². The Kier molecular flexibility index (Phi) is 4.25. The van der Waals surface area contributed by atoms with E-state index in [0.717, 1.165) is 24.8 Å². The van der Waals surface area contributed by atoms with Crippen molar-refractivity contribution in [1.29, 1.82) is 0 Å². The predicted molar refractivity (Wildman–Crippen MR) is 73.8 cm³/mol. The van der Waals surface area contributed by atoms with E-state index in [1.165, 1.54) is 0 Å². The van der Waals surface area contributed by atoms with Gasteiger partial charge < -0.3 is 11.1 Å². The van der Waals surface area contributed by atoms with Gasteiger partial charge in [-0.3, -0.25) is 4.79 Å². The van der Waals surface area contributed by atoms with Crippen LogP contribution in [0.5, 0.6) is 0 Å². The molecule has 0 aromatic heterocycles. The average molecular weight is 267 g/mol. The fourth-order valence-electron chi connectivity index (χ4n) is 2.55. The number of aryl methyl sites for hydroxylation is 1. The molecule has 98 valence electrons. The minimum Gasteiger partial charge on any atom is -0.349 e. The highest BCUT2D eigenvalue weighted by Gasteiger charge is 2.27. The van der Waals surface area contributed by atoms with Crippen molar-refractivity contribution >= 4 is 17.5 Å². The summed E-state index contributed by atoms with van der Waals surface area (Å²) in [4.78, 5) is 12.1. The first kappa shape index (κ1) is 13.4. The second kappa shape index (κ2) is 5.72. The van der Waals surface area contributed by atoms with Crippen LogP contribution < -0.4 is 11.1 Å². The number of nitrogens with one attached hydrogen (secondary N) is 1. The number of rotatable bonds is 3. The lowest BCUT2D eigenvalue weighted by atomic mass is 10.0. The fraction of sp³-hybridized carbons (Fsp3) is 0.500. The third-order valence-corrected chi connectivity index (χ3v) is 4.12. The summed E-state index contributed by atoms with van der Waals surface area (Å²) in [7, 11) is 0. The molecule has 0 saturated heterocycles. The molecule has 1 aromatic rings. The lowest BCUT2D eigenvalue weighted by molar-refractivity contribution is 0.0928. The van der Waals surface area contributed by atoms with Crippen molar-refractivity contribution in [3.8, 4) is 0 Å². The largest absolute Gasteiger partial charge is 0.349 e. The molecule has 18 heavy (non-hydrogen) atoms. The SMILES string of the molecule is Cc1cc(C(=O)NC2CCCC2CN)ccc1Cl.